The molecule has 4 nitrogen and oxygen atoms in total. The van der Waals surface area contributed by atoms with Crippen molar-refractivity contribution in [3.63, 3.8) is 0 Å². The lowest BCUT2D eigenvalue weighted by Crippen LogP contribution is -2.56. The van der Waals surface area contributed by atoms with E-state index in [1.807, 2.05) is 60.6 Å². The van der Waals surface area contributed by atoms with Gasteiger partial charge in [-0.2, -0.15) is 0 Å². The van der Waals surface area contributed by atoms with E-state index in [2.05, 4.69) is 10.3 Å². The second-order valence-corrected chi connectivity index (χ2v) is 8.05. The molecule has 0 spiro atoms. The minimum absolute atomic E-state index is 0.276. The maximum Gasteiger partial charge on any atom is 0.252 e. The number of H-pyrrole nitrogens is 1. The van der Waals surface area contributed by atoms with Gasteiger partial charge in [-0.25, -0.2) is 8.78 Å². The number of aromatic amines is 1. The third kappa shape index (κ3) is 4.22. The molecule has 3 aromatic rings. The summed E-state index contributed by atoms with van der Waals surface area (Å²) in [5, 5.41) is 4.40. The molecule has 29 heavy (non-hydrogen) atoms. The Morgan fingerprint density at radius 3 is 2.76 bits per heavy atom. The van der Waals surface area contributed by atoms with Gasteiger partial charge in [0.2, 0.25) is 5.91 Å². The Hall–Kier alpha value is -2.60. The number of amides is 1. The molecule has 0 aliphatic heterocycles. The predicted octanol–water partition coefficient (Wildman–Crippen LogP) is 4.78. The lowest BCUT2D eigenvalue weighted by atomic mass is 9.88. The highest BCUT2D eigenvalue weighted by atomic mass is 35.5. The molecule has 1 heterocycles. The quantitative estimate of drug-likeness (QED) is 0.606. The predicted molar refractivity (Wildman–Crippen MR) is 112 cm³/mol. The summed E-state index contributed by atoms with van der Waals surface area (Å²) < 4.78 is 26.4. The molecule has 1 atom stereocenters. The van der Waals surface area contributed by atoms with Gasteiger partial charge >= 0.3 is 0 Å². The average molecular weight is 418 g/mol. The number of hydrogen-bond donors (Lipinski definition) is 2. The van der Waals surface area contributed by atoms with Gasteiger partial charge in [0, 0.05) is 60.2 Å². The Morgan fingerprint density at radius 2 is 2.03 bits per heavy atom. The number of benzene rings is 2. The fraction of sp³-hybridized carbons (Fsp3) is 0.318. The van der Waals surface area contributed by atoms with Crippen molar-refractivity contribution >= 4 is 34.1 Å². The van der Waals surface area contributed by atoms with Crippen molar-refractivity contribution in [1.29, 1.82) is 0 Å². The highest BCUT2D eigenvalue weighted by Gasteiger charge is 2.46. The van der Waals surface area contributed by atoms with E-state index in [1.165, 1.54) is 0 Å². The van der Waals surface area contributed by atoms with Crippen LogP contribution in [0.5, 0.6) is 0 Å². The van der Waals surface area contributed by atoms with Crippen LogP contribution in [0.4, 0.5) is 14.5 Å². The smallest absolute Gasteiger partial charge is 0.252 e. The van der Waals surface area contributed by atoms with Gasteiger partial charge in [-0.3, -0.25) is 4.79 Å². The van der Waals surface area contributed by atoms with Crippen LogP contribution in [0.3, 0.4) is 0 Å². The highest BCUT2D eigenvalue weighted by molar-refractivity contribution is 6.31. The van der Waals surface area contributed by atoms with Crippen LogP contribution in [0.15, 0.2) is 54.7 Å². The Morgan fingerprint density at radius 1 is 1.28 bits per heavy atom. The van der Waals surface area contributed by atoms with Crippen molar-refractivity contribution in [1.82, 2.24) is 10.3 Å². The second-order valence-electron chi connectivity index (χ2n) is 7.64. The SMILES string of the molecule is CN(c1ccc2[nH]ccc2c1)[C@@H](Cc1ccccc1Cl)C(=O)NC1CC(F)(F)C1. The van der Waals surface area contributed by atoms with E-state index in [-0.39, 0.29) is 18.7 Å². The summed E-state index contributed by atoms with van der Waals surface area (Å²) >= 11 is 6.32. The zero-order valence-corrected chi connectivity index (χ0v) is 16.7. The molecule has 1 aliphatic rings. The summed E-state index contributed by atoms with van der Waals surface area (Å²) in [5.41, 5.74) is 2.71. The summed E-state index contributed by atoms with van der Waals surface area (Å²) in [5.74, 6) is -2.96. The van der Waals surface area contributed by atoms with Crippen LogP contribution in [-0.2, 0) is 11.2 Å². The zero-order chi connectivity index (χ0) is 20.6. The Kier molecular flexibility index (Phi) is 5.21. The van der Waals surface area contributed by atoms with Crippen molar-refractivity contribution in [3.05, 3.63) is 65.3 Å². The number of nitrogens with one attached hydrogen (secondary N) is 2. The summed E-state index contributed by atoms with van der Waals surface area (Å²) in [6, 6.07) is 14.1. The van der Waals surface area contributed by atoms with Crippen LogP contribution in [0.1, 0.15) is 18.4 Å². The van der Waals surface area contributed by atoms with Crippen molar-refractivity contribution in [2.24, 2.45) is 0 Å². The zero-order valence-electron chi connectivity index (χ0n) is 16.0. The molecule has 1 aromatic heterocycles. The molecule has 152 valence electrons. The fourth-order valence-corrected chi connectivity index (χ4v) is 3.99. The van der Waals surface area contributed by atoms with E-state index in [0.29, 0.717) is 11.4 Å². The van der Waals surface area contributed by atoms with Gasteiger partial charge in [0.15, 0.2) is 0 Å². The molecule has 1 fully saturated rings. The number of fused-ring (bicyclic) bond motifs is 1. The van der Waals surface area contributed by atoms with E-state index in [1.54, 1.807) is 6.07 Å². The summed E-state index contributed by atoms with van der Waals surface area (Å²) in [7, 11) is 1.84. The monoisotopic (exact) mass is 417 g/mol. The Bertz CT molecular complexity index is 1030. The van der Waals surface area contributed by atoms with E-state index in [4.69, 9.17) is 11.6 Å². The van der Waals surface area contributed by atoms with Gasteiger partial charge in [0.05, 0.1) is 0 Å². The Balaban J connectivity index is 1.59. The number of anilines is 1. The molecule has 7 heteroatoms. The maximum absolute atomic E-state index is 13.2. The van der Waals surface area contributed by atoms with Gasteiger partial charge in [-0.15, -0.1) is 0 Å². The van der Waals surface area contributed by atoms with E-state index in [9.17, 15) is 13.6 Å². The van der Waals surface area contributed by atoms with Crippen LogP contribution >= 0.6 is 11.6 Å². The first-order valence-electron chi connectivity index (χ1n) is 9.54. The van der Waals surface area contributed by atoms with Gasteiger partial charge in [-0.1, -0.05) is 29.8 Å². The summed E-state index contributed by atoms with van der Waals surface area (Å²) in [6.45, 7) is 0. The molecule has 2 N–H and O–H groups in total. The Labute approximate surface area is 172 Å². The fourth-order valence-electron chi connectivity index (χ4n) is 3.78. The molecular formula is C22H22ClF2N3O. The number of carbonyl (C=O) groups is 1. The van der Waals surface area contributed by atoms with Crippen molar-refractivity contribution in [3.8, 4) is 0 Å². The van der Waals surface area contributed by atoms with Crippen molar-refractivity contribution in [2.75, 3.05) is 11.9 Å². The summed E-state index contributed by atoms with van der Waals surface area (Å²) in [6.07, 6.45) is 1.61. The van der Waals surface area contributed by atoms with Gasteiger partial charge in [0.25, 0.3) is 5.92 Å². The number of nitrogens with zero attached hydrogens (tertiary/aromatic N) is 1. The van der Waals surface area contributed by atoms with Gasteiger partial charge in [-0.05, 0) is 35.9 Å². The summed E-state index contributed by atoms with van der Waals surface area (Å²) in [4.78, 5) is 18.1. The van der Waals surface area contributed by atoms with Crippen LogP contribution < -0.4 is 10.2 Å². The lowest BCUT2D eigenvalue weighted by molar-refractivity contribution is -0.130. The standard InChI is InChI=1S/C22H22ClF2N3O/c1-28(17-6-7-19-15(10-17)8-9-26-19)20(11-14-4-2-3-5-18(14)23)21(29)27-16-12-22(24,25)13-16/h2-10,16,20,26H,11-13H2,1H3,(H,27,29)/t20-/m0/s1. The molecule has 0 radical (unpaired) electrons. The number of hydrogen-bond acceptors (Lipinski definition) is 2. The topological polar surface area (TPSA) is 48.1 Å². The maximum atomic E-state index is 13.2. The van der Waals surface area contributed by atoms with Gasteiger partial charge in [0.1, 0.15) is 6.04 Å². The van der Waals surface area contributed by atoms with Crippen LogP contribution in [0.25, 0.3) is 10.9 Å². The van der Waals surface area contributed by atoms with Gasteiger partial charge < -0.3 is 15.2 Å². The number of rotatable bonds is 6. The lowest BCUT2D eigenvalue weighted by Gasteiger charge is -2.37. The second kappa shape index (κ2) is 7.67. The first-order valence-corrected chi connectivity index (χ1v) is 9.92. The molecule has 2 aromatic carbocycles. The number of halogens is 3. The third-order valence-corrected chi connectivity index (χ3v) is 5.89. The minimum Gasteiger partial charge on any atom is -0.362 e. The number of likely N-dealkylation sites (N-methyl/N-ethyl adjacent to an activating group) is 1. The number of alkyl halides is 2. The van der Waals surface area contributed by atoms with E-state index >= 15 is 0 Å². The molecule has 0 saturated heterocycles. The molecule has 1 saturated carbocycles. The van der Waals surface area contributed by atoms with Crippen LogP contribution in [0.2, 0.25) is 5.02 Å². The van der Waals surface area contributed by atoms with Crippen LogP contribution in [-0.4, -0.2) is 35.9 Å². The first-order chi connectivity index (χ1) is 13.8. The molecule has 4 rings (SSSR count). The van der Waals surface area contributed by atoms with E-state index in [0.717, 1.165) is 22.2 Å². The largest absolute Gasteiger partial charge is 0.362 e. The normalized spacial score (nSPS) is 17.0. The number of aromatic nitrogens is 1. The van der Waals surface area contributed by atoms with E-state index < -0.39 is 18.0 Å². The molecule has 0 unspecified atom stereocenters. The molecule has 1 amide bonds. The third-order valence-electron chi connectivity index (χ3n) is 5.52. The average Bonchev–Trinajstić information content (AvgIpc) is 3.13. The van der Waals surface area contributed by atoms with Crippen molar-refractivity contribution < 1.29 is 13.6 Å². The highest BCUT2D eigenvalue weighted by Crippen LogP contribution is 2.37. The first kappa shape index (κ1) is 19.7. The molecule has 1 aliphatic carbocycles. The number of carbonyl (C=O) groups excluding carboxylic acids is 1. The van der Waals surface area contributed by atoms with Crippen LogP contribution in [0, 0.1) is 0 Å². The minimum atomic E-state index is -2.68. The molecule has 0 bridgehead atoms. The molecular weight excluding hydrogens is 396 g/mol. The van der Waals surface area contributed by atoms with Crippen molar-refractivity contribution in [2.45, 2.75) is 37.3 Å².